The molecule has 3 rings (SSSR count). The number of nitrogens with zero attached hydrogens (tertiary/aromatic N) is 2. The third kappa shape index (κ3) is 7.14. The molecule has 38 heavy (non-hydrogen) atoms. The molecule has 0 aliphatic carbocycles. The Bertz CT molecular complexity index is 1330. The van der Waals surface area contributed by atoms with Gasteiger partial charge in [-0.05, 0) is 49.6 Å². The molecule has 0 heterocycles. The summed E-state index contributed by atoms with van der Waals surface area (Å²) >= 11 is 6.43. The van der Waals surface area contributed by atoms with E-state index in [9.17, 15) is 18.0 Å². The summed E-state index contributed by atoms with van der Waals surface area (Å²) in [5, 5.41) is 3.07. The van der Waals surface area contributed by atoms with Crippen LogP contribution in [0.5, 0.6) is 0 Å². The second-order valence-corrected chi connectivity index (χ2v) is 11.3. The van der Waals surface area contributed by atoms with Crippen molar-refractivity contribution in [2.45, 2.75) is 51.1 Å². The third-order valence-corrected chi connectivity index (χ3v) is 8.23. The molecule has 0 fully saturated rings. The van der Waals surface area contributed by atoms with Gasteiger partial charge in [0.2, 0.25) is 11.8 Å². The predicted octanol–water partition coefficient (Wildman–Crippen LogP) is 5.18. The number of carbonyl (C=O) groups excluding carboxylic acids is 2. The number of aryl methyl sites for hydroxylation is 1. The fourth-order valence-electron chi connectivity index (χ4n) is 4.07. The molecule has 0 radical (unpaired) electrons. The first kappa shape index (κ1) is 29.2. The Kier molecular flexibility index (Phi) is 10.3. The lowest BCUT2D eigenvalue weighted by molar-refractivity contribution is -0.140. The van der Waals surface area contributed by atoms with Crippen molar-refractivity contribution in [3.05, 3.63) is 95.0 Å². The van der Waals surface area contributed by atoms with Gasteiger partial charge in [0.1, 0.15) is 12.6 Å². The van der Waals surface area contributed by atoms with Crippen molar-refractivity contribution in [3.8, 4) is 0 Å². The fraction of sp³-hybridized carbons (Fsp3) is 0.310. The normalized spacial score (nSPS) is 12.0. The molecule has 1 atom stereocenters. The summed E-state index contributed by atoms with van der Waals surface area (Å²) in [6.07, 6.45) is 1.12. The average molecular weight is 556 g/mol. The van der Waals surface area contributed by atoms with Crippen LogP contribution in [0.2, 0.25) is 5.02 Å². The highest BCUT2D eigenvalue weighted by Gasteiger charge is 2.34. The molecule has 0 spiro atoms. The van der Waals surface area contributed by atoms with Crippen LogP contribution in [0, 0.1) is 6.92 Å². The summed E-state index contributed by atoms with van der Waals surface area (Å²) in [5.74, 6) is -0.785. The lowest BCUT2D eigenvalue weighted by atomic mass is 10.1. The van der Waals surface area contributed by atoms with E-state index in [-0.39, 0.29) is 28.1 Å². The minimum Gasteiger partial charge on any atom is -0.354 e. The van der Waals surface area contributed by atoms with E-state index in [0.29, 0.717) is 13.0 Å². The molecule has 1 unspecified atom stereocenters. The lowest BCUT2D eigenvalue weighted by Gasteiger charge is -2.33. The third-order valence-electron chi connectivity index (χ3n) is 6.14. The molecule has 9 heteroatoms. The van der Waals surface area contributed by atoms with Crippen LogP contribution in [0.4, 0.5) is 5.69 Å². The molecule has 0 aromatic heterocycles. The number of halogens is 1. The van der Waals surface area contributed by atoms with Crippen LogP contribution in [0.15, 0.2) is 83.8 Å². The van der Waals surface area contributed by atoms with Gasteiger partial charge in [0.05, 0.1) is 15.6 Å². The summed E-state index contributed by atoms with van der Waals surface area (Å²) in [5.41, 5.74) is 1.92. The van der Waals surface area contributed by atoms with Crippen molar-refractivity contribution in [1.29, 1.82) is 0 Å². The Morgan fingerprint density at radius 1 is 0.921 bits per heavy atom. The van der Waals surface area contributed by atoms with E-state index < -0.39 is 28.5 Å². The Balaban J connectivity index is 2.05. The maximum absolute atomic E-state index is 14.0. The number of rotatable bonds is 12. The molecule has 202 valence electrons. The van der Waals surface area contributed by atoms with Gasteiger partial charge < -0.3 is 10.2 Å². The Hall–Kier alpha value is -3.36. The van der Waals surface area contributed by atoms with Gasteiger partial charge in [-0.2, -0.15) is 0 Å². The van der Waals surface area contributed by atoms with Crippen LogP contribution in [-0.4, -0.2) is 44.3 Å². The topological polar surface area (TPSA) is 86.8 Å². The van der Waals surface area contributed by atoms with Crippen LogP contribution in [-0.2, 0) is 26.2 Å². The number of anilines is 1. The number of amides is 2. The fourth-order valence-corrected chi connectivity index (χ4v) is 5.79. The Morgan fingerprint density at radius 2 is 1.55 bits per heavy atom. The number of benzene rings is 3. The van der Waals surface area contributed by atoms with Crippen molar-refractivity contribution in [2.75, 3.05) is 17.4 Å². The molecule has 1 N–H and O–H groups in total. The number of hydrogen-bond donors (Lipinski definition) is 1. The number of para-hydroxylation sites is 1. The molecule has 3 aromatic rings. The van der Waals surface area contributed by atoms with Crippen LogP contribution >= 0.6 is 11.6 Å². The van der Waals surface area contributed by atoms with E-state index in [4.69, 9.17) is 11.6 Å². The first-order chi connectivity index (χ1) is 18.2. The molecule has 3 aromatic carbocycles. The Morgan fingerprint density at radius 3 is 2.16 bits per heavy atom. The SMILES string of the molecule is CCCNC(=O)C(CC)N(Cc1ccccc1)C(=O)CN(c1ccccc1Cl)S(=O)(=O)c1ccc(C)cc1. The number of carbonyl (C=O) groups is 2. The minimum absolute atomic E-state index is 0.0400. The molecule has 0 aliphatic heterocycles. The minimum atomic E-state index is -4.16. The van der Waals surface area contributed by atoms with Crippen LogP contribution < -0.4 is 9.62 Å². The second kappa shape index (κ2) is 13.4. The molecular weight excluding hydrogens is 522 g/mol. The summed E-state index contributed by atoms with van der Waals surface area (Å²) < 4.78 is 28.7. The van der Waals surface area contributed by atoms with Gasteiger partial charge in [0, 0.05) is 13.1 Å². The van der Waals surface area contributed by atoms with E-state index in [1.807, 2.05) is 51.1 Å². The Labute approximate surface area is 230 Å². The van der Waals surface area contributed by atoms with Gasteiger partial charge in [-0.25, -0.2) is 8.42 Å². The maximum Gasteiger partial charge on any atom is 0.264 e. The average Bonchev–Trinajstić information content (AvgIpc) is 2.91. The highest BCUT2D eigenvalue weighted by atomic mass is 35.5. The van der Waals surface area contributed by atoms with E-state index in [1.165, 1.54) is 17.0 Å². The molecule has 2 amide bonds. The first-order valence-electron chi connectivity index (χ1n) is 12.6. The van der Waals surface area contributed by atoms with Crippen molar-refractivity contribution in [1.82, 2.24) is 10.2 Å². The van der Waals surface area contributed by atoms with Gasteiger partial charge in [0.25, 0.3) is 10.0 Å². The summed E-state index contributed by atoms with van der Waals surface area (Å²) in [6.45, 7) is 5.75. The molecule has 0 aliphatic rings. The van der Waals surface area contributed by atoms with Crippen molar-refractivity contribution >= 4 is 39.1 Å². The van der Waals surface area contributed by atoms with Gasteiger partial charge in [-0.1, -0.05) is 85.6 Å². The summed E-state index contributed by atoms with van der Waals surface area (Å²) in [7, 11) is -4.16. The zero-order valence-corrected chi connectivity index (χ0v) is 23.5. The highest BCUT2D eigenvalue weighted by Crippen LogP contribution is 2.31. The molecule has 0 saturated heterocycles. The van der Waals surface area contributed by atoms with E-state index in [0.717, 1.165) is 21.9 Å². The number of sulfonamides is 1. The zero-order valence-electron chi connectivity index (χ0n) is 21.9. The van der Waals surface area contributed by atoms with E-state index in [2.05, 4.69) is 5.32 Å². The quantitative estimate of drug-likeness (QED) is 0.334. The monoisotopic (exact) mass is 555 g/mol. The van der Waals surface area contributed by atoms with E-state index in [1.54, 1.807) is 36.4 Å². The largest absolute Gasteiger partial charge is 0.354 e. The van der Waals surface area contributed by atoms with Gasteiger partial charge in [-0.3, -0.25) is 13.9 Å². The maximum atomic E-state index is 14.0. The highest BCUT2D eigenvalue weighted by molar-refractivity contribution is 7.92. The molecule has 7 nitrogen and oxygen atoms in total. The standard InChI is InChI=1S/C29H34ClN3O4S/c1-4-19-31-29(35)26(5-2)32(20-23-11-7-6-8-12-23)28(34)21-33(27-14-10-9-13-25(27)30)38(36,37)24-17-15-22(3)16-18-24/h6-18,26H,4-5,19-21H2,1-3H3,(H,31,35). The number of nitrogens with one attached hydrogen (secondary N) is 1. The predicted molar refractivity (Wildman–Crippen MR) is 152 cm³/mol. The van der Waals surface area contributed by atoms with Crippen LogP contribution in [0.3, 0.4) is 0 Å². The van der Waals surface area contributed by atoms with Gasteiger partial charge in [-0.15, -0.1) is 0 Å². The van der Waals surface area contributed by atoms with Crippen molar-refractivity contribution in [2.24, 2.45) is 0 Å². The molecule has 0 saturated carbocycles. The smallest absolute Gasteiger partial charge is 0.264 e. The van der Waals surface area contributed by atoms with Crippen LogP contribution in [0.1, 0.15) is 37.8 Å². The summed E-state index contributed by atoms with van der Waals surface area (Å²) in [4.78, 5) is 28.5. The van der Waals surface area contributed by atoms with E-state index >= 15 is 0 Å². The first-order valence-corrected chi connectivity index (χ1v) is 14.5. The van der Waals surface area contributed by atoms with Gasteiger partial charge in [0.15, 0.2) is 0 Å². The second-order valence-electron chi connectivity index (χ2n) is 9.00. The summed E-state index contributed by atoms with van der Waals surface area (Å²) in [6, 6.07) is 21.5. The lowest BCUT2D eigenvalue weighted by Crippen LogP contribution is -2.52. The van der Waals surface area contributed by atoms with Crippen LogP contribution in [0.25, 0.3) is 0 Å². The van der Waals surface area contributed by atoms with Crippen molar-refractivity contribution < 1.29 is 18.0 Å². The van der Waals surface area contributed by atoms with Crippen molar-refractivity contribution in [3.63, 3.8) is 0 Å². The zero-order chi connectivity index (χ0) is 27.7. The molecular formula is C29H34ClN3O4S. The molecule has 0 bridgehead atoms. The van der Waals surface area contributed by atoms with Gasteiger partial charge >= 0.3 is 0 Å². The number of hydrogen-bond acceptors (Lipinski definition) is 4.